The van der Waals surface area contributed by atoms with Gasteiger partial charge in [0.05, 0.1) is 12.3 Å². The number of aromatic nitrogens is 3. The molecule has 2 aromatic rings. The van der Waals surface area contributed by atoms with Crippen molar-refractivity contribution in [1.82, 2.24) is 15.2 Å². The number of pyridine rings is 1. The molecule has 1 unspecified atom stereocenters. The van der Waals surface area contributed by atoms with Crippen LogP contribution in [0.1, 0.15) is 45.2 Å². The summed E-state index contributed by atoms with van der Waals surface area (Å²) in [6.07, 6.45) is 1.52. The van der Waals surface area contributed by atoms with Crippen LogP contribution in [0.2, 0.25) is 0 Å². The normalized spacial score (nSPS) is 13.0. The number of H-pyrrole nitrogens is 1. The van der Waals surface area contributed by atoms with E-state index in [9.17, 15) is 13.2 Å². The minimum atomic E-state index is -4.45. The van der Waals surface area contributed by atoms with Crippen LogP contribution >= 0.6 is 0 Å². The Hall–Kier alpha value is -2.05. The molecular weight excluding hydrogens is 319 g/mol. The average molecular weight is 341 g/mol. The van der Waals surface area contributed by atoms with E-state index in [1.807, 2.05) is 5.10 Å². The van der Waals surface area contributed by atoms with Gasteiger partial charge in [-0.15, -0.1) is 0 Å². The lowest BCUT2D eigenvalue weighted by Crippen LogP contribution is -2.11. The van der Waals surface area contributed by atoms with Crippen molar-refractivity contribution in [2.24, 2.45) is 5.92 Å². The van der Waals surface area contributed by atoms with Gasteiger partial charge in [0.2, 0.25) is 0 Å². The Morgan fingerprint density at radius 1 is 1.21 bits per heavy atom. The van der Waals surface area contributed by atoms with Crippen molar-refractivity contribution < 1.29 is 17.9 Å². The second-order valence-electron chi connectivity index (χ2n) is 5.77. The first-order chi connectivity index (χ1) is 11.4. The maximum atomic E-state index is 12.6. The molecule has 2 heterocycles. The molecule has 0 aromatic carbocycles. The van der Waals surface area contributed by atoms with Gasteiger partial charge in [-0.25, -0.2) is 0 Å². The summed E-state index contributed by atoms with van der Waals surface area (Å²) in [6, 6.07) is 4.26. The van der Waals surface area contributed by atoms with Gasteiger partial charge in [-0.3, -0.25) is 10.1 Å². The third-order valence-electron chi connectivity index (χ3n) is 3.91. The summed E-state index contributed by atoms with van der Waals surface area (Å²) in [6.45, 7) is 4.88. The lowest BCUT2D eigenvalue weighted by molar-refractivity contribution is -0.141. The van der Waals surface area contributed by atoms with Gasteiger partial charge < -0.3 is 4.74 Å². The number of alkyl halides is 3. The molecule has 2 aromatic heterocycles. The number of ether oxygens (including phenoxy) is 1. The number of rotatable bonds is 8. The van der Waals surface area contributed by atoms with E-state index >= 15 is 0 Å². The van der Waals surface area contributed by atoms with Crippen molar-refractivity contribution in [3.05, 3.63) is 30.1 Å². The molecule has 0 aliphatic heterocycles. The molecule has 0 aliphatic rings. The summed E-state index contributed by atoms with van der Waals surface area (Å²) < 4.78 is 43.7. The van der Waals surface area contributed by atoms with Gasteiger partial charge in [-0.05, 0) is 24.5 Å². The number of hydrogen-bond acceptors (Lipinski definition) is 3. The average Bonchev–Trinajstić information content (AvgIpc) is 3.06. The molecule has 132 valence electrons. The molecule has 0 saturated carbocycles. The van der Waals surface area contributed by atoms with Crippen LogP contribution in [-0.4, -0.2) is 21.8 Å². The first-order valence-electron chi connectivity index (χ1n) is 8.15. The highest BCUT2D eigenvalue weighted by Crippen LogP contribution is 2.30. The standard InChI is InChI=1S/C17H22F3N3O/c1-3-5-6-12(4-2)11-24-13-7-8-21-14(9-13)15-10-16(23-22-15)17(18,19)20/h7-10,12H,3-6,11H2,1-2H3,(H,22,23). The van der Waals surface area contributed by atoms with E-state index in [1.165, 1.54) is 6.20 Å². The van der Waals surface area contributed by atoms with Crippen molar-refractivity contribution in [3.8, 4) is 17.1 Å². The highest BCUT2D eigenvalue weighted by atomic mass is 19.4. The Balaban J connectivity index is 2.04. The van der Waals surface area contributed by atoms with E-state index in [-0.39, 0.29) is 5.69 Å². The third kappa shape index (κ3) is 4.97. The zero-order valence-electron chi connectivity index (χ0n) is 13.9. The Bertz CT molecular complexity index is 640. The smallest absolute Gasteiger partial charge is 0.432 e. The van der Waals surface area contributed by atoms with Gasteiger partial charge in [-0.1, -0.05) is 33.1 Å². The number of hydrogen-bond donors (Lipinski definition) is 1. The second-order valence-corrected chi connectivity index (χ2v) is 5.77. The highest BCUT2D eigenvalue weighted by Gasteiger charge is 2.33. The molecule has 0 spiro atoms. The number of unbranched alkanes of at least 4 members (excludes halogenated alkanes) is 1. The molecule has 0 saturated heterocycles. The zero-order valence-corrected chi connectivity index (χ0v) is 13.9. The molecule has 24 heavy (non-hydrogen) atoms. The van der Waals surface area contributed by atoms with Crippen molar-refractivity contribution in [2.75, 3.05) is 6.61 Å². The van der Waals surface area contributed by atoms with Crippen molar-refractivity contribution >= 4 is 0 Å². The molecular formula is C17H22F3N3O. The van der Waals surface area contributed by atoms with Crippen LogP contribution in [0.3, 0.4) is 0 Å². The molecule has 4 nitrogen and oxygen atoms in total. The van der Waals surface area contributed by atoms with E-state index in [2.05, 4.69) is 23.9 Å². The van der Waals surface area contributed by atoms with E-state index in [0.29, 0.717) is 24.0 Å². The van der Waals surface area contributed by atoms with Gasteiger partial charge in [-0.2, -0.15) is 18.3 Å². The number of aromatic amines is 1. The molecule has 0 aliphatic carbocycles. The molecule has 0 radical (unpaired) electrons. The van der Waals surface area contributed by atoms with Gasteiger partial charge in [0.1, 0.15) is 17.1 Å². The minimum Gasteiger partial charge on any atom is -0.493 e. The van der Waals surface area contributed by atoms with Crippen LogP contribution in [0, 0.1) is 5.92 Å². The monoisotopic (exact) mass is 341 g/mol. The molecule has 7 heteroatoms. The van der Waals surface area contributed by atoms with Crippen LogP contribution < -0.4 is 4.74 Å². The number of nitrogens with zero attached hydrogens (tertiary/aromatic N) is 2. The highest BCUT2D eigenvalue weighted by molar-refractivity contribution is 5.56. The Morgan fingerprint density at radius 3 is 2.62 bits per heavy atom. The van der Waals surface area contributed by atoms with E-state index in [1.54, 1.807) is 12.1 Å². The molecule has 0 amide bonds. The lowest BCUT2D eigenvalue weighted by atomic mass is 10.0. The fraction of sp³-hybridized carbons (Fsp3) is 0.529. The van der Waals surface area contributed by atoms with Crippen molar-refractivity contribution in [2.45, 2.75) is 45.7 Å². The first-order valence-corrected chi connectivity index (χ1v) is 8.15. The Kier molecular flexibility index (Phi) is 6.23. The first kappa shape index (κ1) is 18.3. The van der Waals surface area contributed by atoms with Crippen LogP contribution in [-0.2, 0) is 6.18 Å². The number of nitrogens with one attached hydrogen (secondary N) is 1. The predicted molar refractivity (Wildman–Crippen MR) is 85.6 cm³/mol. The van der Waals surface area contributed by atoms with E-state index in [4.69, 9.17) is 4.74 Å². The van der Waals surface area contributed by atoms with E-state index < -0.39 is 11.9 Å². The largest absolute Gasteiger partial charge is 0.493 e. The maximum absolute atomic E-state index is 12.6. The Morgan fingerprint density at radius 2 is 2.00 bits per heavy atom. The summed E-state index contributed by atoms with van der Waals surface area (Å²) in [5.74, 6) is 1.07. The van der Waals surface area contributed by atoms with Crippen LogP contribution in [0.15, 0.2) is 24.4 Å². The molecule has 1 atom stereocenters. The SMILES string of the molecule is CCCCC(CC)COc1ccnc(-c2cc(C(F)(F)F)[nH]n2)c1. The summed E-state index contributed by atoms with van der Waals surface area (Å²) in [4.78, 5) is 4.07. The van der Waals surface area contributed by atoms with Crippen LogP contribution in [0.25, 0.3) is 11.4 Å². The summed E-state index contributed by atoms with van der Waals surface area (Å²) in [5, 5.41) is 5.67. The van der Waals surface area contributed by atoms with Crippen LogP contribution in [0.4, 0.5) is 13.2 Å². The quantitative estimate of drug-likeness (QED) is 0.728. The van der Waals surface area contributed by atoms with Crippen molar-refractivity contribution in [1.29, 1.82) is 0 Å². The summed E-state index contributed by atoms with van der Waals surface area (Å²) in [7, 11) is 0. The summed E-state index contributed by atoms with van der Waals surface area (Å²) >= 11 is 0. The second kappa shape index (κ2) is 8.17. The zero-order chi connectivity index (χ0) is 17.6. The molecule has 1 N–H and O–H groups in total. The fourth-order valence-electron chi connectivity index (χ4n) is 2.35. The molecule has 0 fully saturated rings. The summed E-state index contributed by atoms with van der Waals surface area (Å²) in [5.41, 5.74) is -0.400. The van der Waals surface area contributed by atoms with E-state index in [0.717, 1.165) is 31.7 Å². The molecule has 2 rings (SSSR count). The van der Waals surface area contributed by atoms with Gasteiger partial charge in [0.25, 0.3) is 0 Å². The van der Waals surface area contributed by atoms with Crippen LogP contribution in [0.5, 0.6) is 5.75 Å². The molecule has 0 bridgehead atoms. The predicted octanol–water partition coefficient (Wildman–Crippen LogP) is 5.09. The lowest BCUT2D eigenvalue weighted by Gasteiger charge is -2.15. The van der Waals surface area contributed by atoms with Crippen molar-refractivity contribution in [3.63, 3.8) is 0 Å². The minimum absolute atomic E-state index is 0.144. The van der Waals surface area contributed by atoms with Gasteiger partial charge in [0.15, 0.2) is 0 Å². The number of halogens is 3. The third-order valence-corrected chi connectivity index (χ3v) is 3.91. The topological polar surface area (TPSA) is 50.8 Å². The van der Waals surface area contributed by atoms with Gasteiger partial charge >= 0.3 is 6.18 Å². The maximum Gasteiger partial charge on any atom is 0.432 e. The fourth-order valence-corrected chi connectivity index (χ4v) is 2.35. The Labute approximate surface area is 139 Å². The van der Waals surface area contributed by atoms with Gasteiger partial charge in [0, 0.05) is 12.3 Å².